The molecule has 0 saturated heterocycles. The molecule has 152 valence electrons. The van der Waals surface area contributed by atoms with Gasteiger partial charge in [0.1, 0.15) is 17.4 Å². The second-order valence-corrected chi connectivity index (χ2v) is 9.20. The van der Waals surface area contributed by atoms with Gasteiger partial charge < -0.3 is 14.6 Å². The van der Waals surface area contributed by atoms with Gasteiger partial charge in [-0.05, 0) is 45.2 Å². The Morgan fingerprint density at radius 1 is 0.893 bits per heavy atom. The first-order valence-corrected chi connectivity index (χ1v) is 9.49. The summed E-state index contributed by atoms with van der Waals surface area (Å²) in [6.07, 6.45) is 0. The van der Waals surface area contributed by atoms with Gasteiger partial charge in [-0.2, -0.15) is 0 Å². The molecule has 1 N–H and O–H groups in total. The Balaban J connectivity index is 2.80. The van der Waals surface area contributed by atoms with E-state index in [9.17, 15) is 9.90 Å². The minimum atomic E-state index is -0.608. The van der Waals surface area contributed by atoms with Crippen molar-refractivity contribution in [2.45, 2.75) is 58.3 Å². The van der Waals surface area contributed by atoms with E-state index < -0.39 is 5.92 Å². The van der Waals surface area contributed by atoms with E-state index in [2.05, 4.69) is 41.5 Å². The van der Waals surface area contributed by atoms with Gasteiger partial charge in [-0.3, -0.25) is 4.79 Å². The van der Waals surface area contributed by atoms with E-state index in [1.165, 1.54) is 7.11 Å². The third-order valence-electron chi connectivity index (χ3n) is 4.95. The molecule has 4 nitrogen and oxygen atoms in total. The summed E-state index contributed by atoms with van der Waals surface area (Å²) >= 11 is 0. The lowest BCUT2D eigenvalue weighted by Crippen LogP contribution is -2.21. The predicted octanol–water partition coefficient (Wildman–Crippen LogP) is 5.30. The van der Waals surface area contributed by atoms with E-state index in [1.54, 1.807) is 7.11 Å². The molecule has 0 fully saturated rings. The number of carbonyl (C=O) groups excluding carboxylic acids is 1. The van der Waals surface area contributed by atoms with Crippen molar-refractivity contribution in [3.05, 3.63) is 58.7 Å². The minimum absolute atomic E-state index is 0.283. The van der Waals surface area contributed by atoms with Gasteiger partial charge in [0.25, 0.3) is 0 Å². The Morgan fingerprint density at radius 3 is 1.86 bits per heavy atom. The molecular formula is C24H32O4. The highest BCUT2D eigenvalue weighted by molar-refractivity contribution is 5.82. The van der Waals surface area contributed by atoms with Crippen molar-refractivity contribution < 1.29 is 19.4 Å². The fraction of sp³-hybridized carbons (Fsp3) is 0.458. The largest absolute Gasteiger partial charge is 0.507 e. The van der Waals surface area contributed by atoms with Crippen molar-refractivity contribution in [3.8, 4) is 11.5 Å². The molecule has 0 radical (unpaired) electrons. The number of hydrogen-bond acceptors (Lipinski definition) is 4. The van der Waals surface area contributed by atoms with Crippen LogP contribution in [0.15, 0.2) is 36.4 Å². The van der Waals surface area contributed by atoms with Crippen LogP contribution in [0.25, 0.3) is 0 Å². The molecule has 0 amide bonds. The number of benzene rings is 2. The summed E-state index contributed by atoms with van der Waals surface area (Å²) in [5.74, 6) is 0.0110. The van der Waals surface area contributed by atoms with Crippen LogP contribution in [-0.2, 0) is 20.4 Å². The molecule has 0 aliphatic carbocycles. The van der Waals surface area contributed by atoms with E-state index in [4.69, 9.17) is 9.47 Å². The lowest BCUT2D eigenvalue weighted by molar-refractivity contribution is -0.141. The van der Waals surface area contributed by atoms with Crippen LogP contribution in [0.5, 0.6) is 11.5 Å². The van der Waals surface area contributed by atoms with E-state index in [-0.39, 0.29) is 22.5 Å². The highest BCUT2D eigenvalue weighted by atomic mass is 16.5. The fourth-order valence-electron chi connectivity index (χ4n) is 3.37. The molecule has 2 rings (SSSR count). The number of esters is 1. The van der Waals surface area contributed by atoms with E-state index in [1.807, 2.05) is 36.4 Å². The molecule has 2 aromatic rings. The normalized spacial score (nSPS) is 13.1. The van der Waals surface area contributed by atoms with Gasteiger partial charge in [0.2, 0.25) is 0 Å². The van der Waals surface area contributed by atoms with Crippen LogP contribution in [0.3, 0.4) is 0 Å². The summed E-state index contributed by atoms with van der Waals surface area (Å²) in [4.78, 5) is 12.8. The van der Waals surface area contributed by atoms with Crippen molar-refractivity contribution in [1.29, 1.82) is 0 Å². The number of methoxy groups -OCH3 is 2. The van der Waals surface area contributed by atoms with Crippen LogP contribution in [0.4, 0.5) is 0 Å². The van der Waals surface area contributed by atoms with Crippen molar-refractivity contribution >= 4 is 5.97 Å². The Kier molecular flexibility index (Phi) is 6.12. The summed E-state index contributed by atoms with van der Waals surface area (Å²) in [6, 6.07) is 11.3. The Labute approximate surface area is 168 Å². The fourth-order valence-corrected chi connectivity index (χ4v) is 3.37. The van der Waals surface area contributed by atoms with Crippen LogP contribution in [0, 0.1) is 0 Å². The molecule has 1 unspecified atom stereocenters. The van der Waals surface area contributed by atoms with Crippen LogP contribution in [0.1, 0.15) is 69.7 Å². The summed E-state index contributed by atoms with van der Waals surface area (Å²) in [6.45, 7) is 12.3. The first-order valence-electron chi connectivity index (χ1n) is 9.49. The molecule has 0 aliphatic rings. The highest BCUT2D eigenvalue weighted by Crippen LogP contribution is 2.42. The van der Waals surface area contributed by atoms with Crippen molar-refractivity contribution in [3.63, 3.8) is 0 Å². The maximum Gasteiger partial charge on any atom is 0.317 e. The topological polar surface area (TPSA) is 55.8 Å². The Morgan fingerprint density at radius 2 is 1.43 bits per heavy atom. The predicted molar refractivity (Wildman–Crippen MR) is 112 cm³/mol. The highest BCUT2D eigenvalue weighted by Gasteiger charge is 2.31. The number of phenols is 1. The molecule has 0 saturated carbocycles. The summed E-state index contributed by atoms with van der Waals surface area (Å²) in [7, 11) is 2.99. The van der Waals surface area contributed by atoms with Gasteiger partial charge in [0.05, 0.1) is 14.2 Å². The van der Waals surface area contributed by atoms with Crippen LogP contribution in [-0.4, -0.2) is 25.3 Å². The van der Waals surface area contributed by atoms with Crippen LogP contribution in [0.2, 0.25) is 0 Å². The average Bonchev–Trinajstić information content (AvgIpc) is 2.61. The van der Waals surface area contributed by atoms with Gasteiger partial charge in [-0.25, -0.2) is 0 Å². The van der Waals surface area contributed by atoms with E-state index >= 15 is 0 Å². The molecule has 1 atom stereocenters. The van der Waals surface area contributed by atoms with Gasteiger partial charge in [0.15, 0.2) is 0 Å². The number of rotatable bonds is 4. The van der Waals surface area contributed by atoms with Gasteiger partial charge in [-0.15, -0.1) is 0 Å². The van der Waals surface area contributed by atoms with E-state index in [0.717, 1.165) is 22.3 Å². The van der Waals surface area contributed by atoms with Crippen molar-refractivity contribution in [2.75, 3.05) is 14.2 Å². The standard InChI is InChI=1S/C24H32O4/c1-23(2,3)18-13-16(14-19(21(18)25)24(4,5)6)20(22(26)28-8)15-10-9-11-17(12-15)27-7/h9-14,20,25H,1-8H3. The number of hydrogen-bond donors (Lipinski definition) is 1. The zero-order valence-electron chi connectivity index (χ0n) is 18.2. The smallest absolute Gasteiger partial charge is 0.317 e. The molecule has 0 aromatic heterocycles. The first-order chi connectivity index (χ1) is 12.9. The number of phenolic OH excluding ortho intramolecular Hbond substituents is 1. The molecule has 0 spiro atoms. The summed E-state index contributed by atoms with van der Waals surface area (Å²) in [5.41, 5.74) is 2.65. The second-order valence-electron chi connectivity index (χ2n) is 9.20. The molecule has 0 heterocycles. The Bertz CT molecular complexity index is 819. The average molecular weight is 385 g/mol. The number of ether oxygens (including phenoxy) is 2. The maximum atomic E-state index is 12.8. The van der Waals surface area contributed by atoms with Gasteiger partial charge >= 0.3 is 5.97 Å². The zero-order chi connectivity index (χ0) is 21.3. The zero-order valence-corrected chi connectivity index (χ0v) is 18.2. The van der Waals surface area contributed by atoms with Gasteiger partial charge in [0, 0.05) is 0 Å². The molecule has 0 bridgehead atoms. The van der Waals surface area contributed by atoms with Gasteiger partial charge in [-0.1, -0.05) is 65.8 Å². The number of aromatic hydroxyl groups is 1. The lowest BCUT2D eigenvalue weighted by Gasteiger charge is -2.29. The van der Waals surface area contributed by atoms with E-state index in [0.29, 0.717) is 5.75 Å². The molecular weight excluding hydrogens is 352 g/mol. The van der Waals surface area contributed by atoms with Crippen molar-refractivity contribution in [1.82, 2.24) is 0 Å². The molecule has 0 aliphatic heterocycles. The molecule has 4 heteroatoms. The SMILES string of the molecule is COC(=O)C(c1cccc(OC)c1)c1cc(C(C)(C)C)c(O)c(C(C)(C)C)c1. The van der Waals surface area contributed by atoms with Crippen LogP contribution >= 0.6 is 0 Å². The third kappa shape index (κ3) is 4.49. The first kappa shape index (κ1) is 21.8. The summed E-state index contributed by atoms with van der Waals surface area (Å²) < 4.78 is 10.5. The van der Waals surface area contributed by atoms with Crippen molar-refractivity contribution in [2.24, 2.45) is 0 Å². The minimum Gasteiger partial charge on any atom is -0.507 e. The molecule has 28 heavy (non-hydrogen) atoms. The third-order valence-corrected chi connectivity index (χ3v) is 4.95. The van der Waals surface area contributed by atoms with Crippen LogP contribution < -0.4 is 4.74 Å². The Hall–Kier alpha value is -2.49. The second kappa shape index (κ2) is 7.86. The number of carbonyl (C=O) groups is 1. The molecule has 2 aromatic carbocycles. The quantitative estimate of drug-likeness (QED) is 0.727. The summed E-state index contributed by atoms with van der Waals surface area (Å²) in [5, 5.41) is 11.0. The maximum absolute atomic E-state index is 12.8. The monoisotopic (exact) mass is 384 g/mol. The lowest BCUT2D eigenvalue weighted by atomic mass is 9.76.